The molecular weight excluding hydrogens is 358 g/mol. The summed E-state index contributed by atoms with van der Waals surface area (Å²) in [7, 11) is 0. The van der Waals surface area contributed by atoms with Gasteiger partial charge in [-0.15, -0.1) is 11.3 Å². The maximum Gasteiger partial charge on any atom is 0.266 e. The number of rotatable bonds is 4. The van der Waals surface area contributed by atoms with Gasteiger partial charge in [0.15, 0.2) is 0 Å². The number of halogens is 1. The highest BCUT2D eigenvalue weighted by molar-refractivity contribution is 7.11. The number of carbonyl (C=O) groups is 1. The third-order valence-electron chi connectivity index (χ3n) is 4.34. The Balaban J connectivity index is 1.53. The van der Waals surface area contributed by atoms with Crippen LogP contribution in [0.1, 0.15) is 45.8 Å². The van der Waals surface area contributed by atoms with E-state index in [1.807, 2.05) is 29.2 Å². The van der Waals surface area contributed by atoms with Crippen molar-refractivity contribution in [2.75, 3.05) is 6.54 Å². The fourth-order valence-electron chi connectivity index (χ4n) is 3.12. The average Bonchev–Trinajstić information content (AvgIpc) is 3.37. The summed E-state index contributed by atoms with van der Waals surface area (Å²) in [5.74, 6) is 1.34. The molecule has 5 nitrogen and oxygen atoms in total. The molecule has 7 heteroatoms. The monoisotopic (exact) mass is 373 g/mol. The molecule has 0 radical (unpaired) electrons. The second kappa shape index (κ2) is 6.98. The van der Waals surface area contributed by atoms with Crippen molar-refractivity contribution in [1.82, 2.24) is 14.9 Å². The summed E-state index contributed by atoms with van der Waals surface area (Å²) >= 11 is 7.57. The van der Waals surface area contributed by atoms with Crippen LogP contribution in [-0.4, -0.2) is 27.3 Å². The Labute approximate surface area is 154 Å². The van der Waals surface area contributed by atoms with Crippen molar-refractivity contribution in [2.24, 2.45) is 0 Å². The zero-order chi connectivity index (χ0) is 17.2. The lowest BCUT2D eigenvalue weighted by molar-refractivity contribution is 0.0719. The number of nitrogens with zero attached hydrogens (tertiary/aromatic N) is 3. The van der Waals surface area contributed by atoms with Gasteiger partial charge in [-0.05, 0) is 24.5 Å². The van der Waals surface area contributed by atoms with Gasteiger partial charge in [0.25, 0.3) is 5.91 Å². The summed E-state index contributed by atoms with van der Waals surface area (Å²) in [6.07, 6.45) is 5.73. The quantitative estimate of drug-likeness (QED) is 0.682. The first-order valence-electron chi connectivity index (χ1n) is 8.10. The number of benzene rings is 1. The highest BCUT2D eigenvalue weighted by atomic mass is 35.5. The van der Waals surface area contributed by atoms with Gasteiger partial charge in [-0.3, -0.25) is 9.78 Å². The molecule has 1 fully saturated rings. The smallest absolute Gasteiger partial charge is 0.266 e. The topological polar surface area (TPSA) is 59.2 Å². The summed E-state index contributed by atoms with van der Waals surface area (Å²) in [5, 5.41) is 0.711. The minimum atomic E-state index is -0.116. The van der Waals surface area contributed by atoms with Gasteiger partial charge in [-0.25, -0.2) is 4.98 Å². The summed E-state index contributed by atoms with van der Waals surface area (Å²) in [6, 6.07) is 7.57. The van der Waals surface area contributed by atoms with Crippen LogP contribution in [0, 0.1) is 0 Å². The molecule has 0 aliphatic carbocycles. The second-order valence-corrected chi connectivity index (χ2v) is 7.25. The van der Waals surface area contributed by atoms with Crippen LogP contribution in [0.25, 0.3) is 0 Å². The van der Waals surface area contributed by atoms with Crippen LogP contribution in [0.5, 0.6) is 0 Å². The maximum absolute atomic E-state index is 12.6. The van der Waals surface area contributed by atoms with Gasteiger partial charge in [-0.1, -0.05) is 29.8 Å². The highest BCUT2D eigenvalue weighted by Gasteiger charge is 2.34. The summed E-state index contributed by atoms with van der Waals surface area (Å²) in [4.78, 5) is 23.5. The summed E-state index contributed by atoms with van der Waals surface area (Å²) in [6.45, 7) is 0.712. The fraction of sp³-hybridized carbons (Fsp3) is 0.278. The van der Waals surface area contributed by atoms with Gasteiger partial charge in [0.1, 0.15) is 16.7 Å². The van der Waals surface area contributed by atoms with Crippen LogP contribution in [-0.2, 0) is 6.42 Å². The molecule has 128 valence electrons. The molecule has 0 bridgehead atoms. The van der Waals surface area contributed by atoms with E-state index in [1.165, 1.54) is 11.3 Å². The van der Waals surface area contributed by atoms with Crippen molar-refractivity contribution in [3.8, 4) is 0 Å². The first-order chi connectivity index (χ1) is 12.2. The van der Waals surface area contributed by atoms with E-state index < -0.39 is 0 Å². The summed E-state index contributed by atoms with van der Waals surface area (Å²) < 4.78 is 5.95. The van der Waals surface area contributed by atoms with Crippen molar-refractivity contribution in [3.05, 3.63) is 69.3 Å². The van der Waals surface area contributed by atoms with Crippen molar-refractivity contribution in [2.45, 2.75) is 25.3 Å². The van der Waals surface area contributed by atoms with Gasteiger partial charge in [0.05, 0.1) is 17.9 Å². The zero-order valence-corrected chi connectivity index (χ0v) is 15.0. The predicted octanol–water partition coefficient (Wildman–Crippen LogP) is 4.35. The third kappa shape index (κ3) is 3.32. The van der Waals surface area contributed by atoms with Crippen LogP contribution in [0.4, 0.5) is 0 Å². The fourth-order valence-corrected chi connectivity index (χ4v) is 3.89. The van der Waals surface area contributed by atoms with Crippen molar-refractivity contribution < 1.29 is 9.21 Å². The second-order valence-electron chi connectivity index (χ2n) is 5.96. The van der Waals surface area contributed by atoms with Gasteiger partial charge < -0.3 is 9.32 Å². The van der Waals surface area contributed by atoms with Crippen LogP contribution in [0.15, 0.2) is 46.6 Å². The normalized spacial score (nSPS) is 17.2. The largest absolute Gasteiger partial charge is 0.443 e. The molecule has 1 aliphatic heterocycles. The molecule has 1 amide bonds. The molecule has 1 aromatic carbocycles. The number of amides is 1. The average molecular weight is 374 g/mol. The number of carbonyl (C=O) groups excluding carboxylic acids is 1. The third-order valence-corrected chi connectivity index (χ3v) is 5.47. The predicted molar refractivity (Wildman–Crippen MR) is 95.9 cm³/mol. The Morgan fingerprint density at radius 3 is 3.04 bits per heavy atom. The van der Waals surface area contributed by atoms with Crippen molar-refractivity contribution >= 4 is 28.8 Å². The molecule has 0 spiro atoms. The van der Waals surface area contributed by atoms with E-state index in [-0.39, 0.29) is 11.9 Å². The molecule has 3 aromatic rings. The highest BCUT2D eigenvalue weighted by Crippen LogP contribution is 2.33. The van der Waals surface area contributed by atoms with Gasteiger partial charge in [0, 0.05) is 18.0 Å². The van der Waals surface area contributed by atoms with Crippen LogP contribution in [0.3, 0.4) is 0 Å². The van der Waals surface area contributed by atoms with Gasteiger partial charge >= 0.3 is 0 Å². The Bertz CT molecular complexity index is 878. The lowest BCUT2D eigenvalue weighted by Gasteiger charge is -2.21. The first kappa shape index (κ1) is 16.3. The van der Waals surface area contributed by atoms with Crippen molar-refractivity contribution in [3.63, 3.8) is 0 Å². The molecule has 0 N–H and O–H groups in total. The molecule has 1 aliphatic rings. The molecular formula is C18H16ClN3O2S. The Hall–Kier alpha value is -2.18. The molecule has 1 saturated heterocycles. The first-order valence-corrected chi connectivity index (χ1v) is 9.35. The minimum Gasteiger partial charge on any atom is -0.443 e. The number of thiazole rings is 1. The van der Waals surface area contributed by atoms with E-state index in [1.54, 1.807) is 17.9 Å². The number of aromatic nitrogens is 2. The number of likely N-dealkylation sites (tertiary alicyclic amines) is 1. The SMILES string of the molecule is O=C(c1cncs1)N1CCC[C@H]1c1ncc(Cc2ccccc2Cl)o1. The number of hydrogen-bond donors (Lipinski definition) is 0. The molecule has 2 aromatic heterocycles. The maximum atomic E-state index is 12.6. The van der Waals surface area contributed by atoms with E-state index in [0.717, 1.165) is 24.2 Å². The Morgan fingerprint density at radius 2 is 2.24 bits per heavy atom. The van der Waals surface area contributed by atoms with Crippen molar-refractivity contribution in [1.29, 1.82) is 0 Å². The van der Waals surface area contributed by atoms with Gasteiger partial charge in [-0.2, -0.15) is 0 Å². The van der Waals surface area contributed by atoms with E-state index >= 15 is 0 Å². The van der Waals surface area contributed by atoms with Crippen LogP contribution >= 0.6 is 22.9 Å². The molecule has 0 saturated carbocycles. The van der Waals surface area contributed by atoms with E-state index in [9.17, 15) is 4.79 Å². The van der Waals surface area contributed by atoms with E-state index in [2.05, 4.69) is 9.97 Å². The van der Waals surface area contributed by atoms with E-state index in [0.29, 0.717) is 28.8 Å². The van der Waals surface area contributed by atoms with Gasteiger partial charge in [0.2, 0.25) is 5.89 Å². The lowest BCUT2D eigenvalue weighted by Crippen LogP contribution is -2.30. The Kier molecular flexibility index (Phi) is 4.55. The van der Waals surface area contributed by atoms with Crippen LogP contribution < -0.4 is 0 Å². The standard InChI is InChI=1S/C18H16ClN3O2S/c19-14-5-2-1-4-12(14)8-13-9-21-17(24-13)15-6-3-7-22(15)18(23)16-10-20-11-25-16/h1-2,4-5,9-11,15H,3,6-8H2/t15-/m0/s1. The van der Waals surface area contributed by atoms with Crippen LogP contribution in [0.2, 0.25) is 5.02 Å². The Morgan fingerprint density at radius 1 is 1.36 bits per heavy atom. The lowest BCUT2D eigenvalue weighted by atomic mass is 10.1. The number of hydrogen-bond acceptors (Lipinski definition) is 5. The number of oxazole rings is 1. The summed E-state index contributed by atoms with van der Waals surface area (Å²) in [5.41, 5.74) is 2.67. The molecule has 3 heterocycles. The molecule has 4 rings (SSSR count). The molecule has 25 heavy (non-hydrogen) atoms. The zero-order valence-electron chi connectivity index (χ0n) is 13.4. The molecule has 0 unspecified atom stereocenters. The molecule has 1 atom stereocenters. The van der Waals surface area contributed by atoms with E-state index in [4.69, 9.17) is 16.0 Å². The minimum absolute atomic E-state index is 0.00384.